The Morgan fingerprint density at radius 1 is 1.00 bits per heavy atom. The molecule has 0 aromatic heterocycles. The van der Waals surface area contributed by atoms with Crippen LogP contribution in [0.5, 0.6) is 0 Å². The zero-order chi connectivity index (χ0) is 17.5. The first-order valence-electron chi connectivity index (χ1n) is 9.58. The predicted molar refractivity (Wildman–Crippen MR) is 99.0 cm³/mol. The van der Waals surface area contributed by atoms with E-state index in [4.69, 9.17) is 0 Å². The number of carbonyl (C=O) groups is 2. The molecule has 3 heteroatoms. The first kappa shape index (κ1) is 18.7. The van der Waals surface area contributed by atoms with Crippen LogP contribution < -0.4 is 4.90 Å². The van der Waals surface area contributed by atoms with Crippen LogP contribution in [0.25, 0.3) is 0 Å². The molecule has 132 valence electrons. The highest BCUT2D eigenvalue weighted by Gasteiger charge is 2.42. The minimum absolute atomic E-state index is 0.0131. The number of benzene rings is 1. The van der Waals surface area contributed by atoms with E-state index in [2.05, 4.69) is 20.8 Å². The van der Waals surface area contributed by atoms with Gasteiger partial charge < -0.3 is 0 Å². The molecule has 0 saturated carbocycles. The zero-order valence-electron chi connectivity index (χ0n) is 15.4. The molecular weight excluding hydrogens is 298 g/mol. The monoisotopic (exact) mass is 329 g/mol. The maximum Gasteiger partial charge on any atom is 0.237 e. The molecule has 2 rings (SSSR count). The summed E-state index contributed by atoms with van der Waals surface area (Å²) in [4.78, 5) is 26.8. The lowest BCUT2D eigenvalue weighted by Crippen LogP contribution is -2.32. The number of hydrogen-bond acceptors (Lipinski definition) is 2. The largest absolute Gasteiger partial charge is 0.274 e. The summed E-state index contributed by atoms with van der Waals surface area (Å²) < 4.78 is 0. The molecule has 0 aliphatic carbocycles. The summed E-state index contributed by atoms with van der Waals surface area (Å²) in [6, 6.07) is 7.83. The standard InChI is InChI=1S/C21H31NO2/c1-4-7-8-10-17(9-5-2)19-15-20(23)22(21(19)24)18-13-11-16(6-3)12-14-18/h11-14,17,19H,4-10,15H2,1-3H3. The van der Waals surface area contributed by atoms with E-state index in [9.17, 15) is 9.59 Å². The smallest absolute Gasteiger partial charge is 0.237 e. The van der Waals surface area contributed by atoms with Crippen molar-refractivity contribution in [3.63, 3.8) is 0 Å². The van der Waals surface area contributed by atoms with Crippen molar-refractivity contribution in [2.24, 2.45) is 11.8 Å². The van der Waals surface area contributed by atoms with Gasteiger partial charge in [-0.05, 0) is 42.9 Å². The van der Waals surface area contributed by atoms with Crippen LogP contribution in [0.2, 0.25) is 0 Å². The lowest BCUT2D eigenvalue weighted by molar-refractivity contribution is -0.123. The van der Waals surface area contributed by atoms with Gasteiger partial charge in [0.05, 0.1) is 11.6 Å². The molecule has 1 aromatic carbocycles. The first-order valence-corrected chi connectivity index (χ1v) is 9.58. The van der Waals surface area contributed by atoms with E-state index in [0.717, 1.165) is 37.8 Å². The topological polar surface area (TPSA) is 37.4 Å². The van der Waals surface area contributed by atoms with Gasteiger partial charge in [-0.25, -0.2) is 0 Å². The van der Waals surface area contributed by atoms with Crippen LogP contribution in [-0.4, -0.2) is 11.8 Å². The van der Waals surface area contributed by atoms with Crippen molar-refractivity contribution in [2.75, 3.05) is 4.90 Å². The molecule has 2 amide bonds. The Morgan fingerprint density at radius 3 is 2.29 bits per heavy atom. The van der Waals surface area contributed by atoms with Gasteiger partial charge in [-0.3, -0.25) is 14.5 Å². The van der Waals surface area contributed by atoms with Gasteiger partial charge in [0, 0.05) is 6.42 Å². The molecule has 0 bridgehead atoms. The van der Waals surface area contributed by atoms with Gasteiger partial charge >= 0.3 is 0 Å². The maximum atomic E-state index is 12.9. The van der Waals surface area contributed by atoms with Crippen LogP contribution >= 0.6 is 0 Å². The fourth-order valence-electron chi connectivity index (χ4n) is 3.75. The van der Waals surface area contributed by atoms with Crippen molar-refractivity contribution in [3.05, 3.63) is 29.8 Å². The Labute approximate surface area is 146 Å². The fourth-order valence-corrected chi connectivity index (χ4v) is 3.75. The number of aryl methyl sites for hydroxylation is 1. The summed E-state index contributed by atoms with van der Waals surface area (Å²) in [6.45, 7) is 6.46. The van der Waals surface area contributed by atoms with E-state index >= 15 is 0 Å². The molecule has 1 aliphatic heterocycles. The summed E-state index contributed by atoms with van der Waals surface area (Å²) in [5, 5.41) is 0. The number of rotatable bonds is 9. The summed E-state index contributed by atoms with van der Waals surface area (Å²) >= 11 is 0. The molecular formula is C21H31NO2. The van der Waals surface area contributed by atoms with E-state index < -0.39 is 0 Å². The molecule has 0 radical (unpaired) electrons. The van der Waals surface area contributed by atoms with E-state index in [-0.39, 0.29) is 17.7 Å². The first-order chi connectivity index (χ1) is 11.6. The van der Waals surface area contributed by atoms with E-state index in [1.165, 1.54) is 23.3 Å². The van der Waals surface area contributed by atoms with E-state index in [1.54, 1.807) is 0 Å². The van der Waals surface area contributed by atoms with Crippen molar-refractivity contribution in [1.82, 2.24) is 0 Å². The summed E-state index contributed by atoms with van der Waals surface area (Å²) in [5.41, 5.74) is 1.95. The Balaban J connectivity index is 2.13. The average molecular weight is 329 g/mol. The molecule has 2 atom stereocenters. The van der Waals surface area contributed by atoms with Gasteiger partial charge in [-0.15, -0.1) is 0 Å². The normalized spacial score (nSPS) is 19.1. The fraction of sp³-hybridized carbons (Fsp3) is 0.619. The van der Waals surface area contributed by atoms with Crippen LogP contribution in [-0.2, 0) is 16.0 Å². The Bertz CT molecular complexity index is 549. The zero-order valence-corrected chi connectivity index (χ0v) is 15.4. The molecule has 2 unspecified atom stereocenters. The predicted octanol–water partition coefficient (Wildman–Crippen LogP) is 5.13. The van der Waals surface area contributed by atoms with Gasteiger partial charge in [0.1, 0.15) is 0 Å². The van der Waals surface area contributed by atoms with Crippen molar-refractivity contribution in [1.29, 1.82) is 0 Å². The molecule has 1 aliphatic rings. The molecule has 1 saturated heterocycles. The summed E-state index contributed by atoms with van der Waals surface area (Å²) in [6.07, 6.45) is 8.06. The lowest BCUT2D eigenvalue weighted by atomic mass is 9.83. The van der Waals surface area contributed by atoms with Crippen molar-refractivity contribution < 1.29 is 9.59 Å². The third-order valence-electron chi connectivity index (χ3n) is 5.19. The molecule has 1 heterocycles. The third-order valence-corrected chi connectivity index (χ3v) is 5.19. The highest BCUT2D eigenvalue weighted by Crippen LogP contribution is 2.35. The summed E-state index contributed by atoms with van der Waals surface area (Å²) in [7, 11) is 0. The second-order valence-corrected chi connectivity index (χ2v) is 6.94. The molecule has 24 heavy (non-hydrogen) atoms. The van der Waals surface area contributed by atoms with Gasteiger partial charge in [-0.1, -0.05) is 58.6 Å². The number of carbonyl (C=O) groups excluding carboxylic acids is 2. The number of imide groups is 1. The average Bonchev–Trinajstić information content (AvgIpc) is 2.89. The molecule has 1 aromatic rings. The lowest BCUT2D eigenvalue weighted by Gasteiger charge is -2.22. The van der Waals surface area contributed by atoms with Gasteiger partial charge in [-0.2, -0.15) is 0 Å². The van der Waals surface area contributed by atoms with Crippen LogP contribution in [0, 0.1) is 11.8 Å². The van der Waals surface area contributed by atoms with Gasteiger partial charge in [0.15, 0.2) is 0 Å². The van der Waals surface area contributed by atoms with Gasteiger partial charge in [0.2, 0.25) is 11.8 Å². The molecule has 0 spiro atoms. The van der Waals surface area contributed by atoms with Crippen molar-refractivity contribution >= 4 is 17.5 Å². The van der Waals surface area contributed by atoms with Crippen molar-refractivity contribution in [3.8, 4) is 0 Å². The minimum Gasteiger partial charge on any atom is -0.274 e. The van der Waals surface area contributed by atoms with Crippen LogP contribution in [0.3, 0.4) is 0 Å². The number of amides is 2. The quantitative estimate of drug-likeness (QED) is 0.465. The minimum atomic E-state index is -0.125. The Kier molecular flexibility index (Phi) is 7.01. The highest BCUT2D eigenvalue weighted by atomic mass is 16.2. The number of hydrogen-bond donors (Lipinski definition) is 0. The second kappa shape index (κ2) is 9.00. The third kappa shape index (κ3) is 4.25. The second-order valence-electron chi connectivity index (χ2n) is 6.94. The maximum absolute atomic E-state index is 12.9. The number of anilines is 1. The number of nitrogens with zero attached hydrogens (tertiary/aromatic N) is 1. The summed E-state index contributed by atoms with van der Waals surface area (Å²) in [5.74, 6) is 0.197. The van der Waals surface area contributed by atoms with Crippen molar-refractivity contribution in [2.45, 2.75) is 72.1 Å². The highest BCUT2D eigenvalue weighted by molar-refractivity contribution is 6.21. The van der Waals surface area contributed by atoms with Crippen LogP contribution in [0.4, 0.5) is 5.69 Å². The Hall–Kier alpha value is -1.64. The molecule has 0 N–H and O–H groups in total. The SMILES string of the molecule is CCCCCC(CCC)C1CC(=O)N(c2ccc(CC)cc2)C1=O. The number of unbranched alkanes of at least 4 members (excludes halogenated alkanes) is 2. The van der Waals surface area contributed by atoms with Gasteiger partial charge in [0.25, 0.3) is 0 Å². The Morgan fingerprint density at radius 2 is 1.71 bits per heavy atom. The van der Waals surface area contributed by atoms with Crippen LogP contribution in [0.15, 0.2) is 24.3 Å². The van der Waals surface area contributed by atoms with E-state index in [0.29, 0.717) is 12.3 Å². The van der Waals surface area contributed by atoms with Crippen LogP contribution in [0.1, 0.15) is 71.3 Å². The van der Waals surface area contributed by atoms with E-state index in [1.807, 2.05) is 24.3 Å². The molecule has 1 fully saturated rings. The molecule has 3 nitrogen and oxygen atoms in total.